The Bertz CT molecular complexity index is 822. The van der Waals surface area contributed by atoms with Gasteiger partial charge in [0.2, 0.25) is 5.69 Å². The van der Waals surface area contributed by atoms with Gasteiger partial charge in [-0.2, -0.15) is 0 Å². The molecule has 0 saturated carbocycles. The number of rotatable bonds is 2. The Kier molecular flexibility index (Phi) is 3.17. The van der Waals surface area contributed by atoms with Gasteiger partial charge in [-0.25, -0.2) is 4.57 Å². The summed E-state index contributed by atoms with van der Waals surface area (Å²) >= 11 is 0. The molecular weight excluding hydrogens is 266 g/mol. The average Bonchev–Trinajstić information content (AvgIpc) is 2.44. The summed E-state index contributed by atoms with van der Waals surface area (Å²) in [6.07, 6.45) is 2.04. The molecule has 0 amide bonds. The van der Waals surface area contributed by atoms with Crippen molar-refractivity contribution in [1.29, 1.82) is 0 Å². The number of hydrogen-bond acceptors (Lipinski definition) is 0. The maximum Gasteiger partial charge on any atom is 0.212 e. The van der Waals surface area contributed by atoms with E-state index in [4.69, 9.17) is 5.48 Å². The minimum Gasteiger partial charge on any atom is -0.201 e. The highest BCUT2D eigenvalue weighted by atomic mass is 14.9. The Balaban J connectivity index is 2.72. The predicted molar refractivity (Wildman–Crippen MR) is 95.3 cm³/mol. The lowest BCUT2D eigenvalue weighted by molar-refractivity contribution is -0.661. The van der Waals surface area contributed by atoms with Crippen LogP contribution in [-0.2, 0) is 12.5 Å². The molecule has 0 aliphatic rings. The highest BCUT2D eigenvalue weighted by Gasteiger charge is 2.25. The van der Waals surface area contributed by atoms with Crippen LogP contribution in [0.2, 0.25) is 0 Å². The molecule has 118 valence electrons. The maximum atomic E-state index is 8.53. The van der Waals surface area contributed by atoms with Gasteiger partial charge in [-0.15, -0.1) is 0 Å². The van der Waals surface area contributed by atoms with Gasteiger partial charge >= 0.3 is 0 Å². The van der Waals surface area contributed by atoms with Crippen molar-refractivity contribution in [3.8, 4) is 11.3 Å². The summed E-state index contributed by atoms with van der Waals surface area (Å²) in [5.41, 5.74) is 5.40. The fourth-order valence-corrected chi connectivity index (χ4v) is 2.89. The Morgan fingerprint density at radius 3 is 2.36 bits per heavy atom. The number of aromatic nitrogens is 1. The number of pyridine rings is 1. The van der Waals surface area contributed by atoms with Gasteiger partial charge in [0.05, 0.1) is 0 Å². The van der Waals surface area contributed by atoms with Crippen LogP contribution in [0.4, 0.5) is 0 Å². The van der Waals surface area contributed by atoms with Crippen LogP contribution >= 0.6 is 0 Å². The molecule has 0 bridgehead atoms. The van der Waals surface area contributed by atoms with Crippen LogP contribution in [0.5, 0.6) is 0 Å². The topological polar surface area (TPSA) is 3.88 Å². The Labute approximate surface area is 141 Å². The summed E-state index contributed by atoms with van der Waals surface area (Å²) in [4.78, 5) is 0. The summed E-state index contributed by atoms with van der Waals surface area (Å²) in [6, 6.07) is 7.49. The van der Waals surface area contributed by atoms with Gasteiger partial charge in [-0.1, -0.05) is 52.3 Å². The molecule has 0 atom stereocenters. The molecule has 1 heterocycles. The van der Waals surface area contributed by atoms with E-state index in [0.717, 1.165) is 27.9 Å². The molecule has 0 fully saturated rings. The van der Waals surface area contributed by atoms with Crippen molar-refractivity contribution >= 4 is 0 Å². The van der Waals surface area contributed by atoms with Gasteiger partial charge in [0.25, 0.3) is 0 Å². The van der Waals surface area contributed by atoms with Gasteiger partial charge in [-0.3, -0.25) is 0 Å². The Morgan fingerprint density at radius 2 is 1.86 bits per heavy atom. The van der Waals surface area contributed by atoms with Crippen molar-refractivity contribution in [3.63, 3.8) is 0 Å². The second-order valence-electron chi connectivity index (χ2n) is 7.38. The lowest BCUT2D eigenvalue weighted by Crippen LogP contribution is -2.34. The lowest BCUT2D eigenvalue weighted by Gasteiger charge is -2.24. The van der Waals surface area contributed by atoms with E-state index in [-0.39, 0.29) is 5.41 Å². The van der Waals surface area contributed by atoms with Crippen LogP contribution in [0.15, 0.2) is 30.5 Å². The fourth-order valence-electron chi connectivity index (χ4n) is 2.89. The van der Waals surface area contributed by atoms with Crippen LogP contribution in [-0.4, -0.2) is 0 Å². The monoisotopic (exact) mass is 300 g/mol. The highest BCUT2D eigenvalue weighted by molar-refractivity contribution is 5.63. The molecule has 0 saturated heterocycles. The van der Waals surface area contributed by atoms with Crippen LogP contribution in [0.25, 0.3) is 11.3 Å². The van der Waals surface area contributed by atoms with Crippen molar-refractivity contribution < 1.29 is 10.1 Å². The normalized spacial score (nSPS) is 15.8. The standard InChI is InChI=1S/C21H30N/c1-14(2)18-13-22(8)20(12-19(18)21(5,6)7)17-10-9-15(3)11-16(17)4/h9-14H,1-8H3/q+1/i3D3,14D. The second kappa shape index (κ2) is 5.87. The largest absolute Gasteiger partial charge is 0.212 e. The number of nitrogens with zero attached hydrogens (tertiary/aromatic N) is 1. The van der Waals surface area contributed by atoms with E-state index in [1.54, 1.807) is 12.1 Å². The maximum absolute atomic E-state index is 8.53. The van der Waals surface area contributed by atoms with E-state index in [9.17, 15) is 0 Å². The summed E-state index contributed by atoms with van der Waals surface area (Å²) in [7, 11) is 1.98. The molecule has 22 heavy (non-hydrogen) atoms. The quantitative estimate of drug-likeness (QED) is 0.670. The van der Waals surface area contributed by atoms with Gasteiger partial charge in [0, 0.05) is 22.7 Å². The molecule has 0 N–H and O–H groups in total. The fraction of sp³-hybridized carbons (Fsp3) is 0.476. The first kappa shape index (κ1) is 11.9. The van der Waals surface area contributed by atoms with Gasteiger partial charge in [0.1, 0.15) is 7.05 Å². The van der Waals surface area contributed by atoms with E-state index < -0.39 is 12.7 Å². The molecule has 1 nitrogen and oxygen atoms in total. The van der Waals surface area contributed by atoms with E-state index >= 15 is 0 Å². The smallest absolute Gasteiger partial charge is 0.201 e. The SMILES string of the molecule is [2H]C([2H])([2H])c1ccc(-c2cc(C(C)(C)C)c(C([2H])(C)C)c[n+]2C)c(C)c1. The third-order valence-electron chi connectivity index (χ3n) is 4.12. The van der Waals surface area contributed by atoms with Crippen molar-refractivity contribution in [2.24, 2.45) is 7.05 Å². The molecule has 2 rings (SSSR count). The molecule has 1 heteroatoms. The van der Waals surface area contributed by atoms with Crippen LogP contribution in [0.1, 0.15) is 68.2 Å². The molecule has 1 aromatic carbocycles. The summed E-state index contributed by atoms with van der Waals surface area (Å²) in [6.45, 7) is 10.1. The van der Waals surface area contributed by atoms with Crippen molar-refractivity contribution in [3.05, 3.63) is 52.7 Å². The Morgan fingerprint density at radius 1 is 1.18 bits per heavy atom. The molecule has 0 spiro atoms. The van der Waals surface area contributed by atoms with Crippen molar-refractivity contribution in [1.82, 2.24) is 0 Å². The van der Waals surface area contributed by atoms with Crippen molar-refractivity contribution in [2.75, 3.05) is 0 Å². The number of hydrogen-bond donors (Lipinski definition) is 0. The van der Waals surface area contributed by atoms with Crippen LogP contribution in [0, 0.1) is 13.8 Å². The van der Waals surface area contributed by atoms with Crippen LogP contribution in [0.3, 0.4) is 0 Å². The van der Waals surface area contributed by atoms with E-state index in [2.05, 4.69) is 26.8 Å². The van der Waals surface area contributed by atoms with E-state index in [1.807, 2.05) is 44.6 Å². The number of benzene rings is 1. The first-order chi connectivity index (χ1) is 11.6. The molecule has 2 aromatic rings. The Hall–Kier alpha value is -1.63. The zero-order valence-corrected chi connectivity index (χ0v) is 14.8. The van der Waals surface area contributed by atoms with Gasteiger partial charge < -0.3 is 0 Å². The molecule has 0 aliphatic heterocycles. The van der Waals surface area contributed by atoms with Gasteiger partial charge in [0.15, 0.2) is 6.20 Å². The molecule has 0 aliphatic carbocycles. The summed E-state index contributed by atoms with van der Waals surface area (Å²) < 4.78 is 33.4. The highest BCUT2D eigenvalue weighted by Crippen LogP contribution is 2.33. The second-order valence-corrected chi connectivity index (χ2v) is 7.38. The predicted octanol–water partition coefficient (Wildman–Crippen LogP) is 5.22. The third-order valence-corrected chi connectivity index (χ3v) is 4.12. The zero-order valence-electron chi connectivity index (χ0n) is 18.8. The lowest BCUT2D eigenvalue weighted by atomic mass is 9.80. The third kappa shape index (κ3) is 3.24. The molecule has 0 unspecified atom stereocenters. The van der Waals surface area contributed by atoms with Crippen molar-refractivity contribution in [2.45, 2.75) is 59.7 Å². The van der Waals surface area contributed by atoms with E-state index in [1.165, 1.54) is 0 Å². The zero-order chi connectivity index (χ0) is 20.1. The average molecular weight is 301 g/mol. The first-order valence-electron chi connectivity index (χ1n) is 9.78. The number of aryl methyl sites for hydroxylation is 3. The minimum atomic E-state index is -2.10. The molecular formula is C21H30N+. The summed E-state index contributed by atoms with van der Waals surface area (Å²) in [5, 5.41) is 0. The molecule has 0 radical (unpaired) electrons. The van der Waals surface area contributed by atoms with Gasteiger partial charge in [-0.05, 0) is 42.3 Å². The summed E-state index contributed by atoms with van der Waals surface area (Å²) in [5.74, 6) is -0.695. The minimum absolute atomic E-state index is 0.0940. The van der Waals surface area contributed by atoms with Crippen LogP contribution < -0.4 is 4.57 Å². The molecule has 1 aromatic heterocycles. The first-order valence-corrected chi connectivity index (χ1v) is 7.78. The van der Waals surface area contributed by atoms with E-state index in [0.29, 0.717) is 5.56 Å².